The maximum absolute atomic E-state index is 16.9. The number of fused-ring (bicyclic) bond motifs is 7. The van der Waals surface area contributed by atoms with Crippen molar-refractivity contribution >= 4 is 27.5 Å². The quantitative estimate of drug-likeness (QED) is 0.310. The normalized spacial score (nSPS) is 28.8. The first-order chi connectivity index (χ1) is 22.5. The number of phenols is 1. The van der Waals surface area contributed by atoms with E-state index in [9.17, 15) is 5.11 Å². The molecule has 2 aromatic heterocycles. The molecular weight excluding hydrogens is 583 g/mol. The Hall–Kier alpha value is -4.04. The van der Waals surface area contributed by atoms with E-state index < -0.39 is 5.82 Å². The third-order valence-electron chi connectivity index (χ3n) is 11.1. The highest BCUT2D eigenvalue weighted by atomic mass is 19.1. The number of terminal acetylenes is 1. The number of ether oxygens (including phenoxy) is 2. The molecule has 9 nitrogen and oxygen atoms in total. The molecule has 7 heterocycles. The van der Waals surface area contributed by atoms with Crippen molar-refractivity contribution in [3.63, 3.8) is 0 Å². The Morgan fingerprint density at radius 1 is 1.17 bits per heavy atom. The lowest BCUT2D eigenvalue weighted by molar-refractivity contribution is 0.0153. The number of phenolic OH excluding ortho intramolecular Hbond substituents is 1. The van der Waals surface area contributed by atoms with Gasteiger partial charge < -0.3 is 24.8 Å². The van der Waals surface area contributed by atoms with Gasteiger partial charge in [0.25, 0.3) is 0 Å². The Kier molecular flexibility index (Phi) is 6.60. The molecule has 5 aliphatic heterocycles. The fourth-order valence-corrected chi connectivity index (χ4v) is 9.19. The van der Waals surface area contributed by atoms with Crippen molar-refractivity contribution in [2.45, 2.75) is 62.2 Å². The van der Waals surface area contributed by atoms with Crippen LogP contribution in [-0.2, 0) is 4.74 Å². The van der Waals surface area contributed by atoms with Gasteiger partial charge in [0.2, 0.25) is 0 Å². The zero-order valence-corrected chi connectivity index (χ0v) is 25.7. The number of anilines is 1. The van der Waals surface area contributed by atoms with Gasteiger partial charge >= 0.3 is 6.01 Å². The minimum atomic E-state index is -0.590. The summed E-state index contributed by atoms with van der Waals surface area (Å²) < 4.78 is 29.3. The summed E-state index contributed by atoms with van der Waals surface area (Å²) >= 11 is 0. The molecule has 0 saturated carbocycles. The maximum Gasteiger partial charge on any atom is 0.319 e. The summed E-state index contributed by atoms with van der Waals surface area (Å²) in [5, 5.41) is 16.2. The molecule has 2 bridgehead atoms. The van der Waals surface area contributed by atoms with Gasteiger partial charge in [0.15, 0.2) is 5.82 Å². The molecule has 5 saturated heterocycles. The number of rotatable bonds is 5. The Labute approximate surface area is 267 Å². The van der Waals surface area contributed by atoms with Gasteiger partial charge in [-0.2, -0.15) is 9.97 Å². The SMILES string of the molecule is C#Cc1cccc2cc(O)cc(-c3ncc4c(N5C[C@H]6CC[C@@H](C5)N6)nc(OC[C@@]56CCCN5[C@@H]5CCOC[C@@H]5C6)nc4c3F)c12. The van der Waals surface area contributed by atoms with Crippen LogP contribution in [0.25, 0.3) is 32.9 Å². The lowest BCUT2D eigenvalue weighted by atomic mass is 9.88. The summed E-state index contributed by atoms with van der Waals surface area (Å²) in [6.45, 7) is 4.69. The van der Waals surface area contributed by atoms with Gasteiger partial charge in [-0.3, -0.25) is 9.88 Å². The number of pyridine rings is 1. The number of hydrogen-bond acceptors (Lipinski definition) is 9. The third-order valence-corrected chi connectivity index (χ3v) is 11.1. The molecule has 4 aromatic rings. The van der Waals surface area contributed by atoms with Gasteiger partial charge in [0.05, 0.1) is 17.5 Å². The van der Waals surface area contributed by atoms with Gasteiger partial charge in [0, 0.05) is 60.5 Å². The highest BCUT2D eigenvalue weighted by Gasteiger charge is 2.55. The monoisotopic (exact) mass is 620 g/mol. The zero-order chi connectivity index (χ0) is 31.0. The van der Waals surface area contributed by atoms with Crippen LogP contribution < -0.4 is 15.0 Å². The number of halogens is 1. The molecule has 10 heteroatoms. The first-order valence-electron chi connectivity index (χ1n) is 16.6. The lowest BCUT2D eigenvalue weighted by Gasteiger charge is -2.36. The van der Waals surface area contributed by atoms with Gasteiger partial charge in [-0.1, -0.05) is 18.1 Å². The van der Waals surface area contributed by atoms with Crippen molar-refractivity contribution in [3.8, 4) is 35.4 Å². The van der Waals surface area contributed by atoms with Gasteiger partial charge in [-0.05, 0) is 74.6 Å². The predicted octanol–water partition coefficient (Wildman–Crippen LogP) is 4.63. The number of aromatic hydroxyl groups is 1. The van der Waals surface area contributed by atoms with E-state index in [2.05, 4.69) is 26.0 Å². The Balaban J connectivity index is 1.16. The van der Waals surface area contributed by atoms with E-state index >= 15 is 4.39 Å². The van der Waals surface area contributed by atoms with Gasteiger partial charge in [0.1, 0.15) is 29.4 Å². The fourth-order valence-electron chi connectivity index (χ4n) is 9.19. The van der Waals surface area contributed by atoms with Gasteiger partial charge in [-0.25, -0.2) is 4.39 Å². The first kappa shape index (κ1) is 28.2. The van der Waals surface area contributed by atoms with Crippen molar-refractivity contribution in [3.05, 3.63) is 47.9 Å². The molecule has 2 N–H and O–H groups in total. The number of benzene rings is 2. The van der Waals surface area contributed by atoms with Crippen LogP contribution in [0.3, 0.4) is 0 Å². The van der Waals surface area contributed by atoms with Crippen LogP contribution in [0.15, 0.2) is 36.5 Å². The Bertz CT molecular complexity index is 1900. The minimum absolute atomic E-state index is 0.00423. The maximum atomic E-state index is 16.9. The highest BCUT2D eigenvalue weighted by Crippen LogP contribution is 2.48. The average molecular weight is 621 g/mol. The number of aromatic nitrogens is 3. The molecule has 46 heavy (non-hydrogen) atoms. The predicted molar refractivity (Wildman–Crippen MR) is 173 cm³/mol. The molecule has 5 atom stereocenters. The summed E-state index contributed by atoms with van der Waals surface area (Å²) in [5.41, 5.74) is 1.17. The zero-order valence-electron chi connectivity index (χ0n) is 25.7. The van der Waals surface area contributed by atoms with E-state index in [0.717, 1.165) is 71.4 Å². The number of nitrogens with zero attached hydrogens (tertiary/aromatic N) is 5. The Morgan fingerprint density at radius 3 is 2.89 bits per heavy atom. The van der Waals surface area contributed by atoms with Crippen LogP contribution in [0, 0.1) is 24.1 Å². The molecule has 0 unspecified atom stereocenters. The van der Waals surface area contributed by atoms with Crippen molar-refractivity contribution < 1.29 is 19.0 Å². The molecular formula is C36H37FN6O3. The fraction of sp³-hybridized carbons (Fsp3) is 0.472. The molecule has 9 rings (SSSR count). The number of piperazine rings is 1. The second kappa shape index (κ2) is 10.8. The van der Waals surface area contributed by atoms with Crippen LogP contribution in [0.1, 0.15) is 44.1 Å². The van der Waals surface area contributed by atoms with Crippen LogP contribution in [0.4, 0.5) is 10.2 Å². The van der Waals surface area contributed by atoms with Crippen molar-refractivity contribution in [2.75, 3.05) is 44.4 Å². The lowest BCUT2D eigenvalue weighted by Crippen LogP contribution is -2.51. The minimum Gasteiger partial charge on any atom is -0.508 e. The summed E-state index contributed by atoms with van der Waals surface area (Å²) in [7, 11) is 0. The highest BCUT2D eigenvalue weighted by molar-refractivity contribution is 6.02. The van der Waals surface area contributed by atoms with Crippen molar-refractivity contribution in [1.29, 1.82) is 0 Å². The summed E-state index contributed by atoms with van der Waals surface area (Å²) in [6, 6.07) is 10.1. The molecule has 0 spiro atoms. The molecule has 0 aliphatic carbocycles. The molecule has 0 amide bonds. The summed E-state index contributed by atoms with van der Waals surface area (Å²) in [5.74, 6) is 3.28. The molecule has 5 fully saturated rings. The van der Waals surface area contributed by atoms with Crippen LogP contribution in [-0.4, -0.2) is 88.1 Å². The van der Waals surface area contributed by atoms with E-state index in [1.165, 1.54) is 6.07 Å². The van der Waals surface area contributed by atoms with E-state index in [-0.39, 0.29) is 28.5 Å². The van der Waals surface area contributed by atoms with Crippen molar-refractivity contribution in [1.82, 2.24) is 25.2 Å². The van der Waals surface area contributed by atoms with Gasteiger partial charge in [-0.15, -0.1) is 6.42 Å². The molecule has 5 aliphatic rings. The number of nitrogens with one attached hydrogen (secondary N) is 1. The number of hydrogen-bond donors (Lipinski definition) is 2. The summed E-state index contributed by atoms with van der Waals surface area (Å²) in [6.07, 6.45) is 14.0. The van der Waals surface area contributed by atoms with Crippen LogP contribution in [0.5, 0.6) is 11.8 Å². The van der Waals surface area contributed by atoms with Crippen molar-refractivity contribution in [2.24, 2.45) is 5.92 Å². The Morgan fingerprint density at radius 2 is 2.04 bits per heavy atom. The second-order valence-electron chi connectivity index (χ2n) is 13.8. The van der Waals surface area contributed by atoms with E-state index in [1.54, 1.807) is 12.3 Å². The average Bonchev–Trinajstić information content (AvgIpc) is 3.73. The molecule has 2 aromatic carbocycles. The molecule has 236 valence electrons. The third kappa shape index (κ3) is 4.43. The van der Waals surface area contributed by atoms with E-state index in [4.69, 9.17) is 25.9 Å². The smallest absolute Gasteiger partial charge is 0.319 e. The molecule has 0 radical (unpaired) electrons. The summed E-state index contributed by atoms with van der Waals surface area (Å²) in [4.78, 5) is 19.2. The van der Waals surface area contributed by atoms with Crippen LogP contribution >= 0.6 is 0 Å². The van der Waals surface area contributed by atoms with E-state index in [0.29, 0.717) is 63.8 Å². The van der Waals surface area contributed by atoms with E-state index in [1.807, 2.05) is 18.2 Å². The second-order valence-corrected chi connectivity index (χ2v) is 13.8. The standard InChI is InChI=1S/C36H37FN6O3/c1-2-21-5-3-6-22-13-26(44)14-27(30(21)22)32-31(37)33-28(16-38-32)34(42-17-24-7-8-25(18-42)39-24)41-35(40-33)46-20-36-10-4-11-43(36)29-9-12-45-19-23(29)15-36/h1,3,5-6,13-14,16,23-25,29,39,44H,4,7-12,15,17-20H2/t23-,24-,25+,29+,36-/m0/s1. The largest absolute Gasteiger partial charge is 0.508 e. The van der Waals surface area contributed by atoms with Crippen LogP contribution in [0.2, 0.25) is 0 Å². The topological polar surface area (TPSA) is 95.9 Å². The first-order valence-corrected chi connectivity index (χ1v) is 16.6.